The molecule has 162 valence electrons. The van der Waals surface area contributed by atoms with Crippen LogP contribution in [0.5, 0.6) is 0 Å². The summed E-state index contributed by atoms with van der Waals surface area (Å²) in [6, 6.07) is 10.8. The lowest BCUT2D eigenvalue weighted by Crippen LogP contribution is -2.48. The number of para-hydroxylation sites is 1. The summed E-state index contributed by atoms with van der Waals surface area (Å²) in [6.07, 6.45) is 3.16. The van der Waals surface area contributed by atoms with Gasteiger partial charge in [-0.2, -0.15) is 0 Å². The largest absolute Gasteiger partial charge is 0.353 e. The molecule has 3 aromatic rings. The predicted octanol–water partition coefficient (Wildman–Crippen LogP) is 2.80. The molecule has 3 amide bonds. The van der Waals surface area contributed by atoms with Crippen molar-refractivity contribution in [2.45, 2.75) is 24.6 Å². The highest BCUT2D eigenvalue weighted by atomic mass is 32.2. The number of benzene rings is 1. The number of fused-ring (bicyclic) bond motifs is 1. The van der Waals surface area contributed by atoms with Crippen LogP contribution in [0.1, 0.15) is 18.5 Å². The highest BCUT2D eigenvalue weighted by Gasteiger charge is 2.23. The third-order valence-corrected chi connectivity index (χ3v) is 6.73. The van der Waals surface area contributed by atoms with E-state index in [9.17, 15) is 14.4 Å². The van der Waals surface area contributed by atoms with E-state index in [4.69, 9.17) is 0 Å². The van der Waals surface area contributed by atoms with Crippen LogP contribution in [0.4, 0.5) is 10.5 Å². The highest BCUT2D eigenvalue weighted by Crippen LogP contribution is 2.15. The van der Waals surface area contributed by atoms with Crippen molar-refractivity contribution in [3.05, 3.63) is 64.0 Å². The Morgan fingerprint density at radius 1 is 1.19 bits per heavy atom. The summed E-state index contributed by atoms with van der Waals surface area (Å²) in [7, 11) is 0. The first-order valence-electron chi connectivity index (χ1n) is 10.0. The molecule has 4 rings (SSSR count). The van der Waals surface area contributed by atoms with Crippen molar-refractivity contribution in [1.82, 2.24) is 19.6 Å². The van der Waals surface area contributed by atoms with E-state index >= 15 is 0 Å². The average molecular weight is 458 g/mol. The van der Waals surface area contributed by atoms with Crippen molar-refractivity contribution in [3.8, 4) is 0 Å². The van der Waals surface area contributed by atoms with Crippen LogP contribution in [-0.4, -0.2) is 51.1 Å². The molecule has 0 aliphatic carbocycles. The maximum atomic E-state index is 12.4. The van der Waals surface area contributed by atoms with Crippen LogP contribution in [0.3, 0.4) is 0 Å². The summed E-state index contributed by atoms with van der Waals surface area (Å²) in [4.78, 5) is 43.5. The molecular formula is C21H23N5O3S2. The molecule has 8 nitrogen and oxygen atoms in total. The Morgan fingerprint density at radius 3 is 2.74 bits per heavy atom. The zero-order valence-corrected chi connectivity index (χ0v) is 18.5. The van der Waals surface area contributed by atoms with Gasteiger partial charge in [-0.25, -0.2) is 9.78 Å². The summed E-state index contributed by atoms with van der Waals surface area (Å²) < 4.78 is 1.51. The van der Waals surface area contributed by atoms with E-state index in [1.807, 2.05) is 35.7 Å². The molecule has 2 aromatic heterocycles. The number of carbonyl (C=O) groups excluding carboxylic acids is 2. The van der Waals surface area contributed by atoms with Gasteiger partial charge in [0.05, 0.1) is 11.4 Å². The standard InChI is InChI=1S/C21H23N5O3S2/c27-18(14-30-13-17-12-19(28)26-10-11-31-21(26)24-17)22-16-6-8-25(9-7-16)20(29)23-15-4-2-1-3-5-15/h1-5,10-12,16H,6-9,13-14H2,(H,22,27)(H,23,29). The Balaban J connectivity index is 1.17. The molecule has 0 atom stereocenters. The minimum absolute atomic E-state index is 0.0360. The number of rotatable bonds is 6. The number of hydrogen-bond acceptors (Lipinski definition) is 6. The van der Waals surface area contributed by atoms with Crippen molar-refractivity contribution in [1.29, 1.82) is 0 Å². The summed E-state index contributed by atoms with van der Waals surface area (Å²) in [5.74, 6) is 0.779. The second kappa shape index (κ2) is 9.97. The lowest BCUT2D eigenvalue weighted by molar-refractivity contribution is -0.119. The Kier molecular flexibility index (Phi) is 6.88. The van der Waals surface area contributed by atoms with Gasteiger partial charge < -0.3 is 15.5 Å². The Bertz CT molecular complexity index is 1110. The second-order valence-corrected chi connectivity index (χ2v) is 9.12. The van der Waals surface area contributed by atoms with Gasteiger partial charge in [0.15, 0.2) is 4.96 Å². The average Bonchev–Trinajstić information content (AvgIpc) is 3.24. The SMILES string of the molecule is O=C(CSCc1cc(=O)n2ccsc2n1)NC1CCN(C(=O)Nc2ccccc2)CC1. The van der Waals surface area contributed by atoms with Gasteiger partial charge >= 0.3 is 6.03 Å². The number of urea groups is 1. The monoisotopic (exact) mass is 457 g/mol. The smallest absolute Gasteiger partial charge is 0.321 e. The molecular weight excluding hydrogens is 434 g/mol. The molecule has 3 heterocycles. The first-order valence-corrected chi connectivity index (χ1v) is 12.1. The molecule has 0 saturated carbocycles. The third-order valence-electron chi connectivity index (χ3n) is 5.01. The zero-order chi connectivity index (χ0) is 21.6. The maximum absolute atomic E-state index is 12.4. The predicted molar refractivity (Wildman–Crippen MR) is 124 cm³/mol. The van der Waals surface area contributed by atoms with Crippen LogP contribution < -0.4 is 16.2 Å². The molecule has 1 fully saturated rings. The molecule has 0 unspecified atom stereocenters. The zero-order valence-electron chi connectivity index (χ0n) is 16.8. The van der Waals surface area contributed by atoms with Crippen LogP contribution in [0.25, 0.3) is 4.96 Å². The van der Waals surface area contributed by atoms with E-state index < -0.39 is 0 Å². The van der Waals surface area contributed by atoms with Gasteiger partial charge in [0.1, 0.15) is 0 Å². The van der Waals surface area contributed by atoms with E-state index in [-0.39, 0.29) is 23.5 Å². The number of likely N-dealkylation sites (tertiary alicyclic amines) is 1. The van der Waals surface area contributed by atoms with E-state index in [0.717, 1.165) is 18.5 Å². The number of nitrogens with zero attached hydrogens (tertiary/aromatic N) is 3. The molecule has 31 heavy (non-hydrogen) atoms. The van der Waals surface area contributed by atoms with E-state index in [1.165, 1.54) is 33.6 Å². The highest BCUT2D eigenvalue weighted by molar-refractivity contribution is 7.99. The molecule has 0 spiro atoms. The van der Waals surface area contributed by atoms with Crippen LogP contribution in [0.15, 0.2) is 52.8 Å². The fourth-order valence-corrected chi connectivity index (χ4v) is 4.90. The minimum atomic E-state index is -0.113. The number of hydrogen-bond donors (Lipinski definition) is 2. The molecule has 10 heteroatoms. The van der Waals surface area contributed by atoms with E-state index in [2.05, 4.69) is 15.6 Å². The van der Waals surface area contributed by atoms with Crippen molar-refractivity contribution in [2.75, 3.05) is 24.2 Å². The molecule has 0 bridgehead atoms. The number of carbonyl (C=O) groups is 2. The second-order valence-electron chi connectivity index (χ2n) is 7.26. The molecule has 2 N–H and O–H groups in total. The molecule has 0 radical (unpaired) electrons. The van der Waals surface area contributed by atoms with Crippen LogP contribution in [0, 0.1) is 0 Å². The van der Waals surface area contributed by atoms with Gasteiger partial charge in [-0.3, -0.25) is 14.0 Å². The van der Waals surface area contributed by atoms with Gasteiger partial charge in [-0.05, 0) is 25.0 Å². The van der Waals surface area contributed by atoms with Gasteiger partial charge in [0.25, 0.3) is 5.56 Å². The topological polar surface area (TPSA) is 95.8 Å². The Morgan fingerprint density at radius 2 is 1.97 bits per heavy atom. The number of anilines is 1. The van der Waals surface area contributed by atoms with Gasteiger partial charge in [0.2, 0.25) is 5.91 Å². The lowest BCUT2D eigenvalue weighted by Gasteiger charge is -2.32. The number of nitrogens with one attached hydrogen (secondary N) is 2. The van der Waals surface area contributed by atoms with Gasteiger partial charge in [0, 0.05) is 48.2 Å². The van der Waals surface area contributed by atoms with Crippen molar-refractivity contribution in [2.24, 2.45) is 0 Å². The van der Waals surface area contributed by atoms with Gasteiger partial charge in [-0.15, -0.1) is 23.1 Å². The maximum Gasteiger partial charge on any atom is 0.321 e. The Labute approximate surface area is 187 Å². The number of aromatic nitrogens is 2. The van der Waals surface area contributed by atoms with Gasteiger partial charge in [-0.1, -0.05) is 18.2 Å². The first-order chi connectivity index (χ1) is 15.1. The third kappa shape index (κ3) is 5.65. The number of amides is 3. The first kappa shape index (κ1) is 21.4. The number of piperidine rings is 1. The fourth-order valence-electron chi connectivity index (χ4n) is 3.43. The molecule has 1 saturated heterocycles. The summed E-state index contributed by atoms with van der Waals surface area (Å²) in [6.45, 7) is 1.21. The van der Waals surface area contributed by atoms with Crippen molar-refractivity contribution in [3.63, 3.8) is 0 Å². The van der Waals surface area contributed by atoms with Crippen LogP contribution >= 0.6 is 23.1 Å². The summed E-state index contributed by atoms with van der Waals surface area (Å²) >= 11 is 2.85. The summed E-state index contributed by atoms with van der Waals surface area (Å²) in [5.41, 5.74) is 1.35. The molecule has 1 aromatic carbocycles. The molecule has 1 aliphatic rings. The van der Waals surface area contributed by atoms with E-state index in [0.29, 0.717) is 35.3 Å². The lowest BCUT2D eigenvalue weighted by atomic mass is 10.1. The fraction of sp³-hybridized carbons (Fsp3) is 0.333. The molecule has 1 aliphatic heterocycles. The Hall–Kier alpha value is -2.85. The minimum Gasteiger partial charge on any atom is -0.353 e. The van der Waals surface area contributed by atoms with E-state index in [1.54, 1.807) is 11.1 Å². The summed E-state index contributed by atoms with van der Waals surface area (Å²) in [5, 5.41) is 7.76. The van der Waals surface area contributed by atoms with Crippen molar-refractivity contribution >= 4 is 45.7 Å². The number of thiazole rings is 1. The van der Waals surface area contributed by atoms with Crippen LogP contribution in [0.2, 0.25) is 0 Å². The van der Waals surface area contributed by atoms with Crippen LogP contribution in [-0.2, 0) is 10.5 Å². The van der Waals surface area contributed by atoms with Crippen molar-refractivity contribution < 1.29 is 9.59 Å². The normalized spacial score (nSPS) is 14.5. The quantitative estimate of drug-likeness (QED) is 0.593. The number of thioether (sulfide) groups is 1.